The molecule has 0 spiro atoms. The highest BCUT2D eigenvalue weighted by Crippen LogP contribution is 2.39. The van der Waals surface area contributed by atoms with Gasteiger partial charge in [0.2, 0.25) is 0 Å². The molecule has 2 rings (SSSR count). The van der Waals surface area contributed by atoms with Crippen LogP contribution in [0, 0.1) is 0 Å². The molecule has 0 radical (unpaired) electrons. The van der Waals surface area contributed by atoms with Gasteiger partial charge in [-0.15, -0.1) is 0 Å². The summed E-state index contributed by atoms with van der Waals surface area (Å²) in [6, 6.07) is 2.87. The molecule has 0 aliphatic carbocycles. The number of amides is 1. The van der Waals surface area contributed by atoms with Crippen molar-refractivity contribution in [3.05, 3.63) is 29.3 Å². The summed E-state index contributed by atoms with van der Waals surface area (Å²) in [5.74, 6) is -0.342. The lowest BCUT2D eigenvalue weighted by molar-refractivity contribution is -0.137. The van der Waals surface area contributed by atoms with Crippen LogP contribution in [0.5, 0.6) is 5.75 Å². The lowest BCUT2D eigenvalue weighted by atomic mass is 9.86. The van der Waals surface area contributed by atoms with Crippen LogP contribution < -0.4 is 10.1 Å². The van der Waals surface area contributed by atoms with Crippen molar-refractivity contribution >= 4 is 12.4 Å². The fourth-order valence-electron chi connectivity index (χ4n) is 3.59. The highest BCUT2D eigenvalue weighted by Gasteiger charge is 2.36. The van der Waals surface area contributed by atoms with Gasteiger partial charge in [0.25, 0.3) is 0 Å². The Hall–Kier alpha value is -2.29. The number of nitrogens with one attached hydrogen (secondary N) is 1. The van der Waals surface area contributed by atoms with Crippen LogP contribution in [-0.4, -0.2) is 54.2 Å². The molecule has 1 aromatic carbocycles. The molecular weight excluding hydrogens is 425 g/mol. The van der Waals surface area contributed by atoms with Crippen LogP contribution in [0.2, 0.25) is 0 Å². The van der Waals surface area contributed by atoms with Crippen molar-refractivity contribution in [3.8, 4) is 5.75 Å². The molecule has 1 heterocycles. The van der Waals surface area contributed by atoms with E-state index in [2.05, 4.69) is 5.32 Å². The minimum absolute atomic E-state index is 0.0262. The molecule has 9 heteroatoms. The molecule has 180 valence electrons. The number of alkyl halides is 3. The van der Waals surface area contributed by atoms with E-state index >= 15 is 0 Å². The van der Waals surface area contributed by atoms with Gasteiger partial charge in [-0.3, -0.25) is 0 Å². The van der Waals surface area contributed by atoms with Crippen LogP contribution in [0.4, 0.5) is 18.0 Å². The Morgan fingerprint density at radius 1 is 1.19 bits per heavy atom. The number of aldehydes is 1. The Morgan fingerprint density at radius 3 is 2.38 bits per heavy atom. The van der Waals surface area contributed by atoms with Gasteiger partial charge in [-0.05, 0) is 65.3 Å². The van der Waals surface area contributed by atoms with E-state index in [1.807, 2.05) is 0 Å². The summed E-state index contributed by atoms with van der Waals surface area (Å²) in [5.41, 5.74) is -1.85. The Balaban J connectivity index is 2.43. The van der Waals surface area contributed by atoms with E-state index in [1.165, 1.54) is 11.0 Å². The van der Waals surface area contributed by atoms with Crippen LogP contribution in [0.25, 0.3) is 0 Å². The summed E-state index contributed by atoms with van der Waals surface area (Å²) in [7, 11) is 0. The normalized spacial score (nSPS) is 18.8. The summed E-state index contributed by atoms with van der Waals surface area (Å²) < 4.78 is 51.8. The van der Waals surface area contributed by atoms with Gasteiger partial charge in [0.15, 0.2) is 0 Å². The number of hydrogen-bond acceptors (Lipinski definition) is 5. The van der Waals surface area contributed by atoms with Crippen molar-refractivity contribution < 1.29 is 32.2 Å². The quantitative estimate of drug-likeness (QED) is 0.644. The third kappa shape index (κ3) is 7.39. The highest BCUT2D eigenvalue weighted by atomic mass is 19.4. The van der Waals surface area contributed by atoms with E-state index < -0.39 is 41.0 Å². The number of ether oxygens (including phenoxy) is 2. The second kappa shape index (κ2) is 9.68. The van der Waals surface area contributed by atoms with Crippen LogP contribution in [0.1, 0.15) is 65.0 Å². The summed E-state index contributed by atoms with van der Waals surface area (Å²) in [6.07, 6.45) is -4.38. The van der Waals surface area contributed by atoms with E-state index in [9.17, 15) is 22.8 Å². The number of carbonyl (C=O) groups excluding carboxylic acids is 2. The molecular formula is C23H33F3N2O4. The van der Waals surface area contributed by atoms with E-state index in [1.54, 1.807) is 41.5 Å². The smallest absolute Gasteiger partial charge is 0.416 e. The summed E-state index contributed by atoms with van der Waals surface area (Å²) >= 11 is 0. The first-order valence-corrected chi connectivity index (χ1v) is 10.7. The van der Waals surface area contributed by atoms with E-state index in [0.29, 0.717) is 19.4 Å². The molecule has 6 nitrogen and oxygen atoms in total. The molecule has 1 fully saturated rings. The van der Waals surface area contributed by atoms with Gasteiger partial charge in [0.1, 0.15) is 23.2 Å². The zero-order valence-electron chi connectivity index (χ0n) is 19.5. The van der Waals surface area contributed by atoms with Crippen LogP contribution in [-0.2, 0) is 15.7 Å². The lowest BCUT2D eigenvalue weighted by Crippen LogP contribution is -2.55. The molecule has 1 N–H and O–H groups in total. The van der Waals surface area contributed by atoms with Crippen molar-refractivity contribution in [3.63, 3.8) is 0 Å². The fourth-order valence-corrected chi connectivity index (χ4v) is 3.59. The maximum absolute atomic E-state index is 13.5. The zero-order valence-corrected chi connectivity index (χ0v) is 19.5. The largest absolute Gasteiger partial charge is 0.488 e. The first kappa shape index (κ1) is 26.0. The predicted octanol–water partition coefficient (Wildman–Crippen LogP) is 4.76. The van der Waals surface area contributed by atoms with Crippen LogP contribution >= 0.6 is 0 Å². The summed E-state index contributed by atoms with van der Waals surface area (Å²) in [4.78, 5) is 25.6. The third-order valence-electron chi connectivity index (χ3n) is 4.85. The van der Waals surface area contributed by atoms with Crippen molar-refractivity contribution in [2.24, 2.45) is 0 Å². The Labute approximate surface area is 187 Å². The molecule has 0 saturated carbocycles. The van der Waals surface area contributed by atoms with Crippen LogP contribution in [0.15, 0.2) is 18.2 Å². The SMILES string of the molecule is CC(C)(C)OC(=O)N1CCNC(C(CC=O)c2cc(C(F)(F)F)ccc2OC(C)(C)C)C1. The van der Waals surface area contributed by atoms with Crippen molar-refractivity contribution in [1.82, 2.24) is 10.2 Å². The predicted molar refractivity (Wildman–Crippen MR) is 115 cm³/mol. The van der Waals surface area contributed by atoms with E-state index in [-0.39, 0.29) is 24.3 Å². The molecule has 2 unspecified atom stereocenters. The third-order valence-corrected chi connectivity index (χ3v) is 4.85. The molecule has 0 aromatic heterocycles. The summed E-state index contributed by atoms with van der Waals surface area (Å²) in [6.45, 7) is 11.7. The van der Waals surface area contributed by atoms with Gasteiger partial charge in [0, 0.05) is 38.0 Å². The number of rotatable bonds is 5. The van der Waals surface area contributed by atoms with Gasteiger partial charge in [0.05, 0.1) is 5.56 Å². The molecule has 1 saturated heterocycles. The minimum Gasteiger partial charge on any atom is -0.488 e. The zero-order chi connectivity index (χ0) is 24.3. The second-order valence-corrected chi connectivity index (χ2v) is 9.96. The standard InChI is InChI=1S/C23H33F3N2O4/c1-21(2,3)31-19-8-7-15(23(24,25)26)13-17(19)16(9-12-29)18-14-28(11-10-27-18)20(30)32-22(4,5)6/h7-8,12-13,16,18,27H,9-11,14H2,1-6H3. The molecule has 1 amide bonds. The Morgan fingerprint density at radius 2 is 1.84 bits per heavy atom. The highest BCUT2D eigenvalue weighted by molar-refractivity contribution is 5.68. The first-order valence-electron chi connectivity index (χ1n) is 10.7. The van der Waals surface area contributed by atoms with Gasteiger partial charge >= 0.3 is 12.3 Å². The minimum atomic E-state index is -4.54. The van der Waals surface area contributed by atoms with Crippen LogP contribution in [0.3, 0.4) is 0 Å². The molecule has 1 aliphatic rings. The van der Waals surface area contributed by atoms with Gasteiger partial charge in [-0.1, -0.05) is 0 Å². The van der Waals surface area contributed by atoms with Gasteiger partial charge in [-0.25, -0.2) is 4.79 Å². The maximum Gasteiger partial charge on any atom is 0.416 e. The average Bonchev–Trinajstić information content (AvgIpc) is 2.63. The average molecular weight is 459 g/mol. The maximum atomic E-state index is 13.5. The topological polar surface area (TPSA) is 67.9 Å². The lowest BCUT2D eigenvalue weighted by Gasteiger charge is -2.39. The van der Waals surface area contributed by atoms with E-state index in [4.69, 9.17) is 9.47 Å². The Bertz CT molecular complexity index is 813. The van der Waals surface area contributed by atoms with Crippen molar-refractivity contribution in [2.45, 2.75) is 77.3 Å². The fraction of sp³-hybridized carbons (Fsp3) is 0.652. The molecule has 0 bridgehead atoms. The second-order valence-electron chi connectivity index (χ2n) is 9.96. The van der Waals surface area contributed by atoms with Crippen molar-refractivity contribution in [1.29, 1.82) is 0 Å². The molecule has 2 atom stereocenters. The van der Waals surface area contributed by atoms with Crippen molar-refractivity contribution in [2.75, 3.05) is 19.6 Å². The number of nitrogens with zero attached hydrogens (tertiary/aromatic N) is 1. The number of piperazine rings is 1. The number of hydrogen-bond donors (Lipinski definition) is 1. The monoisotopic (exact) mass is 458 g/mol. The first-order chi connectivity index (χ1) is 14.6. The number of benzene rings is 1. The molecule has 1 aliphatic heterocycles. The van der Waals surface area contributed by atoms with Gasteiger partial charge in [-0.2, -0.15) is 13.2 Å². The summed E-state index contributed by atoms with van der Waals surface area (Å²) in [5, 5.41) is 3.25. The molecule has 1 aromatic rings. The number of halogens is 3. The Kier molecular flexibility index (Phi) is 7.86. The van der Waals surface area contributed by atoms with E-state index in [0.717, 1.165) is 12.1 Å². The molecule has 32 heavy (non-hydrogen) atoms. The number of carbonyl (C=O) groups is 2. The van der Waals surface area contributed by atoms with Gasteiger partial charge < -0.3 is 24.5 Å².